The zero-order valence-corrected chi connectivity index (χ0v) is 14.1. The third-order valence-corrected chi connectivity index (χ3v) is 5.83. The maximum Gasteiger partial charge on any atom is 0.501 e. The first kappa shape index (κ1) is 19.3. The highest BCUT2D eigenvalue weighted by Gasteiger charge is 2.54. The monoisotopic (exact) mass is 403 g/mol. The summed E-state index contributed by atoms with van der Waals surface area (Å²) in [5.41, 5.74) is -6.60. The van der Waals surface area contributed by atoms with Gasteiger partial charge in [-0.05, 0) is 28.8 Å². The quantitative estimate of drug-likeness (QED) is 0.597. The number of hydrogen-bond acceptors (Lipinski definition) is 3. The van der Waals surface area contributed by atoms with Gasteiger partial charge in [-0.3, -0.25) is 0 Å². The molecule has 0 amide bonds. The molecule has 0 aromatic heterocycles. The topological polar surface area (TPSA) is 58.7 Å². The number of rotatable bonds is 2. The first-order chi connectivity index (χ1) is 12.4. The highest BCUT2D eigenvalue weighted by Crippen LogP contribution is 2.50. The molecule has 0 heterocycles. The zero-order chi connectivity index (χ0) is 20.2. The molecule has 1 atom stereocenters. The van der Waals surface area contributed by atoms with Crippen molar-refractivity contribution in [3.63, 3.8) is 0 Å². The lowest BCUT2D eigenvalue weighted by Gasteiger charge is -2.17. The van der Waals surface area contributed by atoms with Gasteiger partial charge in [0.15, 0.2) is 5.69 Å². The summed E-state index contributed by atoms with van der Waals surface area (Å²) >= 11 is 0. The molecule has 0 unspecified atom stereocenters. The first-order valence-electron chi connectivity index (χ1n) is 7.41. The highest BCUT2D eigenvalue weighted by atomic mass is 32.2. The van der Waals surface area contributed by atoms with Crippen LogP contribution in [-0.2, 0) is 16.3 Å². The number of aliphatic hydroxyl groups excluding tert-OH is 1. The number of fused-ring (bicyclic) bond motifs is 1. The van der Waals surface area contributed by atoms with Crippen molar-refractivity contribution in [1.29, 1.82) is 0 Å². The van der Waals surface area contributed by atoms with E-state index < -0.39 is 44.3 Å². The zero-order valence-electron chi connectivity index (χ0n) is 13.3. The predicted octanol–water partition coefficient (Wildman–Crippen LogP) is 4.42. The van der Waals surface area contributed by atoms with Crippen LogP contribution >= 0.6 is 0 Å². The van der Waals surface area contributed by atoms with E-state index in [1.807, 2.05) is 0 Å². The number of benzene rings is 2. The maximum absolute atomic E-state index is 14.1. The SMILES string of the molecule is [C-]#[N+]c1cccc(-c2ccc(S(=O)(=O)C(F)(F)F)c3c2CC(F)(F)[C@H]3O)c1. The summed E-state index contributed by atoms with van der Waals surface area (Å²) in [6, 6.07) is 7.23. The van der Waals surface area contributed by atoms with E-state index in [1.165, 1.54) is 24.3 Å². The number of sulfone groups is 1. The minimum absolute atomic E-state index is 0.0350. The highest BCUT2D eigenvalue weighted by molar-refractivity contribution is 7.92. The van der Waals surface area contributed by atoms with Gasteiger partial charge in [0.05, 0.1) is 11.5 Å². The van der Waals surface area contributed by atoms with Crippen LogP contribution in [0.4, 0.5) is 27.6 Å². The summed E-state index contributed by atoms with van der Waals surface area (Å²) in [6.45, 7) is 7.00. The summed E-state index contributed by atoms with van der Waals surface area (Å²) in [5.74, 6) is -3.83. The average Bonchev–Trinajstić information content (AvgIpc) is 2.83. The molecule has 0 saturated heterocycles. The molecule has 1 aliphatic carbocycles. The third kappa shape index (κ3) is 2.96. The Hall–Kier alpha value is -2.51. The fraction of sp³-hybridized carbons (Fsp3) is 0.235. The lowest BCUT2D eigenvalue weighted by Crippen LogP contribution is -2.26. The summed E-state index contributed by atoms with van der Waals surface area (Å²) in [4.78, 5) is 1.80. The van der Waals surface area contributed by atoms with Gasteiger partial charge in [0.25, 0.3) is 15.8 Å². The van der Waals surface area contributed by atoms with Crippen molar-refractivity contribution >= 4 is 15.5 Å². The molecule has 3 rings (SSSR count). The Kier molecular flexibility index (Phi) is 4.28. The van der Waals surface area contributed by atoms with E-state index >= 15 is 0 Å². The van der Waals surface area contributed by atoms with E-state index in [0.717, 1.165) is 6.07 Å². The van der Waals surface area contributed by atoms with Crippen LogP contribution in [0.3, 0.4) is 0 Å². The van der Waals surface area contributed by atoms with E-state index in [0.29, 0.717) is 6.07 Å². The van der Waals surface area contributed by atoms with Crippen molar-refractivity contribution in [1.82, 2.24) is 0 Å². The Morgan fingerprint density at radius 1 is 1.19 bits per heavy atom. The molecule has 0 aliphatic heterocycles. The van der Waals surface area contributed by atoms with Gasteiger partial charge in [-0.2, -0.15) is 13.2 Å². The summed E-state index contributed by atoms with van der Waals surface area (Å²) < 4.78 is 90.5. The molecule has 2 aromatic rings. The van der Waals surface area contributed by atoms with Crippen LogP contribution in [0.25, 0.3) is 16.0 Å². The minimum atomic E-state index is -5.94. The Morgan fingerprint density at radius 2 is 1.85 bits per heavy atom. The minimum Gasteiger partial charge on any atom is -0.382 e. The first-order valence-corrected chi connectivity index (χ1v) is 8.89. The maximum atomic E-state index is 14.1. The molecule has 2 aromatic carbocycles. The molecule has 1 N–H and O–H groups in total. The number of aliphatic hydroxyl groups is 1. The molecule has 0 saturated carbocycles. The van der Waals surface area contributed by atoms with Crippen molar-refractivity contribution < 1.29 is 35.5 Å². The molecule has 0 fully saturated rings. The molecular formula is C17H10F5NO3S. The molecule has 10 heteroatoms. The van der Waals surface area contributed by atoms with Crippen LogP contribution in [0.5, 0.6) is 0 Å². The van der Waals surface area contributed by atoms with E-state index in [2.05, 4.69) is 4.85 Å². The normalized spacial score (nSPS) is 18.8. The van der Waals surface area contributed by atoms with E-state index in [4.69, 9.17) is 6.57 Å². The van der Waals surface area contributed by atoms with Crippen molar-refractivity contribution in [2.75, 3.05) is 0 Å². The number of halogens is 5. The Balaban J connectivity index is 2.33. The fourth-order valence-corrected chi connectivity index (χ4v) is 4.07. The summed E-state index contributed by atoms with van der Waals surface area (Å²) in [5, 5.41) is 9.86. The van der Waals surface area contributed by atoms with Gasteiger partial charge in [-0.25, -0.2) is 22.0 Å². The Labute approximate surface area is 150 Å². The second-order valence-electron chi connectivity index (χ2n) is 5.96. The van der Waals surface area contributed by atoms with Crippen LogP contribution in [0.15, 0.2) is 41.3 Å². The van der Waals surface area contributed by atoms with Crippen LogP contribution < -0.4 is 0 Å². The second-order valence-corrected chi connectivity index (χ2v) is 7.86. The van der Waals surface area contributed by atoms with Gasteiger partial charge >= 0.3 is 5.51 Å². The van der Waals surface area contributed by atoms with Gasteiger partial charge < -0.3 is 5.11 Å². The third-order valence-electron chi connectivity index (χ3n) is 4.28. The van der Waals surface area contributed by atoms with Crippen LogP contribution in [-0.4, -0.2) is 25.0 Å². The predicted molar refractivity (Wildman–Crippen MR) is 85.0 cm³/mol. The standard InChI is InChI=1S/C17H10F5NO3S/c1-23-10-4-2-3-9(7-10)11-5-6-13(27(25,26)17(20,21)22)14-12(11)8-16(18,19)15(14)24/h2-7,15,24H,8H2/t15-/m0/s1. The van der Waals surface area contributed by atoms with Crippen LogP contribution in [0, 0.1) is 6.57 Å². The largest absolute Gasteiger partial charge is 0.501 e. The van der Waals surface area contributed by atoms with Crippen LogP contribution in [0.2, 0.25) is 0 Å². The van der Waals surface area contributed by atoms with E-state index in [-0.39, 0.29) is 22.4 Å². The fourth-order valence-electron chi connectivity index (χ4n) is 3.05. The van der Waals surface area contributed by atoms with Crippen molar-refractivity contribution in [3.8, 4) is 11.1 Å². The van der Waals surface area contributed by atoms with Gasteiger partial charge in [0, 0.05) is 12.0 Å². The molecule has 4 nitrogen and oxygen atoms in total. The van der Waals surface area contributed by atoms with E-state index in [1.54, 1.807) is 0 Å². The van der Waals surface area contributed by atoms with Gasteiger partial charge in [0.2, 0.25) is 0 Å². The van der Waals surface area contributed by atoms with Gasteiger partial charge in [-0.1, -0.05) is 24.3 Å². The molecule has 142 valence electrons. The lowest BCUT2D eigenvalue weighted by molar-refractivity contribution is -0.0977. The molecule has 0 spiro atoms. The molecule has 0 radical (unpaired) electrons. The summed E-state index contributed by atoms with van der Waals surface area (Å²) in [7, 11) is -5.94. The number of hydrogen-bond donors (Lipinski definition) is 1. The van der Waals surface area contributed by atoms with Crippen LogP contribution in [0.1, 0.15) is 17.2 Å². The number of nitrogens with zero attached hydrogens (tertiary/aromatic N) is 1. The second kappa shape index (κ2) is 6.00. The average molecular weight is 403 g/mol. The summed E-state index contributed by atoms with van der Waals surface area (Å²) in [6.07, 6.45) is -3.81. The van der Waals surface area contributed by atoms with Gasteiger partial charge in [0.1, 0.15) is 6.10 Å². The van der Waals surface area contributed by atoms with Gasteiger partial charge in [-0.15, -0.1) is 0 Å². The lowest BCUT2D eigenvalue weighted by atomic mass is 9.96. The molecule has 27 heavy (non-hydrogen) atoms. The van der Waals surface area contributed by atoms with Crippen molar-refractivity contribution in [3.05, 3.63) is 58.9 Å². The number of alkyl halides is 5. The molecular weight excluding hydrogens is 393 g/mol. The Morgan fingerprint density at radius 3 is 2.44 bits per heavy atom. The molecule has 1 aliphatic rings. The smallest absolute Gasteiger partial charge is 0.382 e. The van der Waals surface area contributed by atoms with Crippen molar-refractivity contribution in [2.45, 2.75) is 28.9 Å². The Bertz CT molecular complexity index is 1070. The molecule has 0 bridgehead atoms. The van der Waals surface area contributed by atoms with Crippen molar-refractivity contribution in [2.24, 2.45) is 0 Å². The van der Waals surface area contributed by atoms with E-state index in [9.17, 15) is 35.5 Å².